The average Bonchev–Trinajstić information content (AvgIpc) is 2.03. The molecular weight excluding hydrogens is 140 g/mol. The quantitative estimate of drug-likeness (QED) is 0.620. The van der Waals surface area contributed by atoms with Gasteiger partial charge in [0.15, 0.2) is 0 Å². The van der Waals surface area contributed by atoms with Crippen molar-refractivity contribution in [3.63, 3.8) is 0 Å². The topological polar surface area (TPSA) is 45.1 Å². The average molecular weight is 152 g/mol. The summed E-state index contributed by atoms with van der Waals surface area (Å²) in [4.78, 5) is 3.88. The molecule has 1 rings (SSSR count). The zero-order chi connectivity index (χ0) is 8.10. The van der Waals surface area contributed by atoms with Crippen LogP contribution in [0.1, 0.15) is 12.5 Å². The third-order valence-corrected chi connectivity index (χ3v) is 1.35. The summed E-state index contributed by atoms with van der Waals surface area (Å²) in [5.74, 6) is 0. The molecule has 0 bridgehead atoms. The fourth-order valence-electron chi connectivity index (χ4n) is 0.766. The summed E-state index contributed by atoms with van der Waals surface area (Å²) in [5, 5.41) is 11.8. The van der Waals surface area contributed by atoms with Gasteiger partial charge in [-0.3, -0.25) is 10.3 Å². The molecule has 0 aliphatic heterocycles. The van der Waals surface area contributed by atoms with Crippen LogP contribution in [0.3, 0.4) is 0 Å². The first-order chi connectivity index (χ1) is 5.29. The van der Waals surface area contributed by atoms with Crippen LogP contribution in [0.2, 0.25) is 0 Å². The van der Waals surface area contributed by atoms with Crippen LogP contribution >= 0.6 is 0 Å². The highest BCUT2D eigenvalue weighted by atomic mass is 16.3. The lowest BCUT2D eigenvalue weighted by molar-refractivity contribution is 0.155. The van der Waals surface area contributed by atoms with Gasteiger partial charge in [-0.25, -0.2) is 0 Å². The predicted molar refractivity (Wildman–Crippen MR) is 42.8 cm³/mol. The van der Waals surface area contributed by atoms with Gasteiger partial charge >= 0.3 is 0 Å². The van der Waals surface area contributed by atoms with Crippen molar-refractivity contribution in [1.29, 1.82) is 0 Å². The highest BCUT2D eigenvalue weighted by Gasteiger charge is 1.93. The van der Waals surface area contributed by atoms with Crippen molar-refractivity contribution >= 4 is 0 Å². The number of rotatable bonds is 3. The summed E-state index contributed by atoms with van der Waals surface area (Å²) in [6.45, 7) is 2.38. The Labute approximate surface area is 66.1 Å². The molecule has 60 valence electrons. The largest absolute Gasteiger partial charge is 0.379 e. The molecule has 3 heteroatoms. The second kappa shape index (κ2) is 4.05. The van der Waals surface area contributed by atoms with Crippen LogP contribution in [0.15, 0.2) is 24.5 Å². The van der Waals surface area contributed by atoms with E-state index in [4.69, 9.17) is 5.11 Å². The van der Waals surface area contributed by atoms with Crippen molar-refractivity contribution in [2.45, 2.75) is 19.7 Å². The summed E-state index contributed by atoms with van der Waals surface area (Å²) in [6.07, 6.45) is 3.01. The van der Waals surface area contributed by atoms with Gasteiger partial charge in [0, 0.05) is 18.9 Å². The van der Waals surface area contributed by atoms with E-state index in [0.717, 1.165) is 5.56 Å². The van der Waals surface area contributed by atoms with Crippen molar-refractivity contribution in [3.8, 4) is 0 Å². The maximum Gasteiger partial charge on any atom is 0.102 e. The number of pyridine rings is 1. The Hall–Kier alpha value is -0.930. The predicted octanol–water partition coefficient (Wildman–Crippen LogP) is 0.509. The molecule has 0 aliphatic rings. The van der Waals surface area contributed by atoms with Crippen LogP contribution in [0.25, 0.3) is 0 Å². The zero-order valence-electron chi connectivity index (χ0n) is 6.49. The fourth-order valence-corrected chi connectivity index (χ4v) is 0.766. The Morgan fingerprint density at radius 2 is 2.18 bits per heavy atom. The molecule has 1 heterocycles. The third-order valence-electron chi connectivity index (χ3n) is 1.35. The minimum atomic E-state index is -0.455. The smallest absolute Gasteiger partial charge is 0.102 e. The molecule has 0 spiro atoms. The van der Waals surface area contributed by atoms with Crippen molar-refractivity contribution in [2.75, 3.05) is 0 Å². The van der Waals surface area contributed by atoms with Crippen molar-refractivity contribution in [1.82, 2.24) is 10.3 Å². The van der Waals surface area contributed by atoms with E-state index in [1.54, 1.807) is 19.3 Å². The van der Waals surface area contributed by atoms with Crippen molar-refractivity contribution in [2.24, 2.45) is 0 Å². The molecule has 1 aromatic rings. The molecule has 1 unspecified atom stereocenters. The molecule has 11 heavy (non-hydrogen) atoms. The summed E-state index contributed by atoms with van der Waals surface area (Å²) in [5.41, 5.74) is 1.13. The Kier molecular flexibility index (Phi) is 3.01. The van der Waals surface area contributed by atoms with Gasteiger partial charge in [0.25, 0.3) is 0 Å². The lowest BCUT2D eigenvalue weighted by Crippen LogP contribution is -2.24. The Balaban J connectivity index is 2.39. The first-order valence-electron chi connectivity index (χ1n) is 3.59. The lowest BCUT2D eigenvalue weighted by Gasteiger charge is -2.05. The number of aliphatic hydroxyl groups excluding tert-OH is 1. The molecule has 0 amide bonds. The standard InChI is InChI=1S/C8H12N2O/c1-7(11)10-6-8-2-4-9-5-3-8/h2-5,7,10-11H,6H2,1H3. The second-order valence-corrected chi connectivity index (χ2v) is 2.41. The van der Waals surface area contributed by atoms with Crippen molar-refractivity contribution in [3.05, 3.63) is 30.1 Å². The number of aliphatic hydroxyl groups is 1. The molecule has 0 fully saturated rings. The van der Waals surface area contributed by atoms with E-state index >= 15 is 0 Å². The Morgan fingerprint density at radius 3 is 2.73 bits per heavy atom. The molecule has 0 saturated heterocycles. The molecule has 2 N–H and O–H groups in total. The Bertz CT molecular complexity index is 199. The maximum atomic E-state index is 8.89. The summed E-state index contributed by atoms with van der Waals surface area (Å²) in [6, 6.07) is 3.82. The highest BCUT2D eigenvalue weighted by Crippen LogP contribution is 1.94. The van der Waals surface area contributed by atoms with E-state index in [2.05, 4.69) is 10.3 Å². The summed E-state index contributed by atoms with van der Waals surface area (Å²) in [7, 11) is 0. The molecular formula is C8H12N2O. The van der Waals surface area contributed by atoms with Crippen LogP contribution < -0.4 is 5.32 Å². The second-order valence-electron chi connectivity index (χ2n) is 2.41. The van der Waals surface area contributed by atoms with E-state index in [-0.39, 0.29) is 0 Å². The normalized spacial score (nSPS) is 12.9. The molecule has 1 aromatic heterocycles. The van der Waals surface area contributed by atoms with Crippen LogP contribution in [0.5, 0.6) is 0 Å². The van der Waals surface area contributed by atoms with Gasteiger partial charge in [0.2, 0.25) is 0 Å². The fraction of sp³-hybridized carbons (Fsp3) is 0.375. The number of hydrogen-bond donors (Lipinski definition) is 2. The number of nitrogens with zero attached hydrogens (tertiary/aromatic N) is 1. The van der Waals surface area contributed by atoms with E-state index in [1.165, 1.54) is 0 Å². The monoisotopic (exact) mass is 152 g/mol. The molecule has 1 atom stereocenters. The van der Waals surface area contributed by atoms with E-state index in [0.29, 0.717) is 6.54 Å². The van der Waals surface area contributed by atoms with Gasteiger partial charge in [0.1, 0.15) is 6.23 Å². The zero-order valence-corrected chi connectivity index (χ0v) is 6.49. The van der Waals surface area contributed by atoms with Gasteiger partial charge in [-0.15, -0.1) is 0 Å². The number of hydrogen-bond acceptors (Lipinski definition) is 3. The first kappa shape index (κ1) is 8.17. The molecule has 3 nitrogen and oxygen atoms in total. The number of nitrogens with one attached hydrogen (secondary N) is 1. The van der Waals surface area contributed by atoms with Crippen LogP contribution in [-0.4, -0.2) is 16.3 Å². The third kappa shape index (κ3) is 3.11. The minimum Gasteiger partial charge on any atom is -0.379 e. The van der Waals surface area contributed by atoms with E-state index < -0.39 is 6.23 Å². The highest BCUT2D eigenvalue weighted by molar-refractivity contribution is 5.08. The molecule has 0 aliphatic carbocycles. The van der Waals surface area contributed by atoms with Crippen molar-refractivity contribution < 1.29 is 5.11 Å². The minimum absolute atomic E-state index is 0.455. The molecule has 0 radical (unpaired) electrons. The van der Waals surface area contributed by atoms with E-state index in [1.807, 2.05) is 12.1 Å². The first-order valence-corrected chi connectivity index (χ1v) is 3.59. The van der Waals surface area contributed by atoms with Gasteiger partial charge in [-0.1, -0.05) is 0 Å². The number of aromatic nitrogens is 1. The lowest BCUT2D eigenvalue weighted by atomic mass is 10.3. The van der Waals surface area contributed by atoms with Gasteiger partial charge in [0.05, 0.1) is 0 Å². The SMILES string of the molecule is CC(O)NCc1ccncc1. The van der Waals surface area contributed by atoms with Crippen LogP contribution in [0.4, 0.5) is 0 Å². The van der Waals surface area contributed by atoms with Gasteiger partial charge in [-0.2, -0.15) is 0 Å². The van der Waals surface area contributed by atoms with Crippen LogP contribution in [-0.2, 0) is 6.54 Å². The Morgan fingerprint density at radius 1 is 1.55 bits per heavy atom. The molecule has 0 aromatic carbocycles. The summed E-state index contributed by atoms with van der Waals surface area (Å²) >= 11 is 0. The maximum absolute atomic E-state index is 8.89. The van der Waals surface area contributed by atoms with Gasteiger partial charge < -0.3 is 5.11 Å². The summed E-state index contributed by atoms with van der Waals surface area (Å²) < 4.78 is 0. The van der Waals surface area contributed by atoms with Crippen LogP contribution in [0, 0.1) is 0 Å². The molecule has 0 saturated carbocycles. The van der Waals surface area contributed by atoms with E-state index in [9.17, 15) is 0 Å². The van der Waals surface area contributed by atoms with Gasteiger partial charge in [-0.05, 0) is 24.6 Å².